The number of rotatable bonds is 5. The average Bonchev–Trinajstić information content (AvgIpc) is 3.20. The molecule has 4 aromatic rings. The van der Waals surface area contributed by atoms with E-state index in [0.717, 1.165) is 11.3 Å². The monoisotopic (exact) mass is 426 g/mol. The third-order valence-corrected chi connectivity index (χ3v) is 5.60. The second kappa shape index (κ2) is 8.14. The molecule has 2 aromatic carbocycles. The van der Waals surface area contributed by atoms with E-state index in [1.807, 2.05) is 37.3 Å². The number of nitrogens with one attached hydrogen (secondary N) is 1. The standard InChI is InChI=1S/C21H16ClFN4OS/c1-13-16(20(22)27(26-13)12-14-5-3-2-4-6-14)8-10-19(28)25-21-24-17-9-7-15(23)11-18(17)29-21/h2-11H,12H2,1H3,(H,24,25,28)/b10-8+. The first-order valence-electron chi connectivity index (χ1n) is 8.81. The van der Waals surface area contributed by atoms with Gasteiger partial charge in [-0.1, -0.05) is 53.3 Å². The molecule has 2 aromatic heterocycles. The number of carbonyl (C=O) groups excluding carboxylic acids is 1. The highest BCUT2D eigenvalue weighted by molar-refractivity contribution is 7.22. The number of anilines is 1. The molecule has 2 heterocycles. The number of fused-ring (bicyclic) bond motifs is 1. The Kier molecular flexibility index (Phi) is 5.42. The van der Waals surface area contributed by atoms with Crippen molar-refractivity contribution < 1.29 is 9.18 Å². The fraction of sp³-hybridized carbons (Fsp3) is 0.0952. The molecule has 8 heteroatoms. The second-order valence-corrected chi connectivity index (χ2v) is 7.78. The zero-order valence-corrected chi connectivity index (χ0v) is 17.0. The number of thiazole rings is 1. The van der Waals surface area contributed by atoms with Gasteiger partial charge in [-0.3, -0.25) is 10.1 Å². The number of carbonyl (C=O) groups is 1. The first-order chi connectivity index (χ1) is 14.0. The van der Waals surface area contributed by atoms with Gasteiger partial charge in [0.25, 0.3) is 0 Å². The molecular formula is C21H16ClFN4OS. The Bertz CT molecular complexity index is 1220. The molecule has 0 saturated carbocycles. The lowest BCUT2D eigenvalue weighted by Gasteiger charge is -2.03. The predicted molar refractivity (Wildman–Crippen MR) is 115 cm³/mol. The van der Waals surface area contributed by atoms with E-state index in [2.05, 4.69) is 15.4 Å². The zero-order chi connectivity index (χ0) is 20.4. The van der Waals surface area contributed by atoms with Gasteiger partial charge in [-0.25, -0.2) is 14.1 Å². The lowest BCUT2D eigenvalue weighted by Crippen LogP contribution is -2.07. The maximum Gasteiger partial charge on any atom is 0.250 e. The number of halogens is 2. The minimum absolute atomic E-state index is 0.337. The zero-order valence-electron chi connectivity index (χ0n) is 15.4. The molecule has 0 atom stereocenters. The van der Waals surface area contributed by atoms with Crippen LogP contribution in [0.5, 0.6) is 0 Å². The van der Waals surface area contributed by atoms with Crippen molar-refractivity contribution in [2.75, 3.05) is 5.32 Å². The summed E-state index contributed by atoms with van der Waals surface area (Å²) in [6.45, 7) is 2.38. The van der Waals surface area contributed by atoms with Crippen molar-refractivity contribution in [3.05, 3.63) is 82.4 Å². The van der Waals surface area contributed by atoms with Crippen LogP contribution in [0.3, 0.4) is 0 Å². The summed E-state index contributed by atoms with van der Waals surface area (Å²) >= 11 is 7.68. The van der Waals surface area contributed by atoms with Crippen LogP contribution >= 0.6 is 22.9 Å². The SMILES string of the molecule is Cc1nn(Cc2ccccc2)c(Cl)c1/C=C/C(=O)Nc1nc2ccc(F)cc2s1. The predicted octanol–water partition coefficient (Wildman–Crippen LogP) is 5.29. The molecule has 29 heavy (non-hydrogen) atoms. The number of benzene rings is 2. The van der Waals surface area contributed by atoms with E-state index in [0.29, 0.717) is 32.6 Å². The number of amides is 1. The van der Waals surface area contributed by atoms with Gasteiger partial charge in [0, 0.05) is 11.6 Å². The van der Waals surface area contributed by atoms with E-state index >= 15 is 0 Å². The summed E-state index contributed by atoms with van der Waals surface area (Å²) in [7, 11) is 0. The molecule has 0 saturated heterocycles. The molecule has 5 nitrogen and oxygen atoms in total. The van der Waals surface area contributed by atoms with E-state index in [1.54, 1.807) is 16.8 Å². The number of aryl methyl sites for hydroxylation is 1. The smallest absolute Gasteiger partial charge is 0.250 e. The number of hydrogen-bond acceptors (Lipinski definition) is 4. The molecule has 0 aliphatic rings. The lowest BCUT2D eigenvalue weighted by molar-refractivity contribution is -0.111. The highest BCUT2D eigenvalue weighted by Crippen LogP contribution is 2.27. The van der Waals surface area contributed by atoms with Crippen LogP contribution in [-0.4, -0.2) is 20.7 Å². The van der Waals surface area contributed by atoms with Crippen LogP contribution in [0.1, 0.15) is 16.8 Å². The third kappa shape index (κ3) is 4.36. The van der Waals surface area contributed by atoms with Gasteiger partial charge in [-0.05, 0) is 36.8 Å². The fourth-order valence-electron chi connectivity index (χ4n) is 2.88. The minimum atomic E-state index is -0.351. The number of hydrogen-bond donors (Lipinski definition) is 1. The Morgan fingerprint density at radius 3 is 2.86 bits per heavy atom. The maximum atomic E-state index is 13.3. The van der Waals surface area contributed by atoms with Crippen LogP contribution in [0, 0.1) is 12.7 Å². The Morgan fingerprint density at radius 2 is 2.07 bits per heavy atom. The highest BCUT2D eigenvalue weighted by atomic mass is 35.5. The van der Waals surface area contributed by atoms with Crippen LogP contribution in [0.15, 0.2) is 54.6 Å². The summed E-state index contributed by atoms with van der Waals surface area (Å²) in [5.74, 6) is -0.688. The molecule has 146 valence electrons. The molecule has 1 N–H and O–H groups in total. The van der Waals surface area contributed by atoms with Gasteiger partial charge in [-0.2, -0.15) is 5.10 Å². The van der Waals surface area contributed by atoms with Crippen molar-refractivity contribution >= 4 is 50.3 Å². The van der Waals surface area contributed by atoms with Crippen LogP contribution in [-0.2, 0) is 11.3 Å². The molecule has 0 unspecified atom stereocenters. The lowest BCUT2D eigenvalue weighted by atomic mass is 10.2. The van der Waals surface area contributed by atoms with Gasteiger partial charge in [0.2, 0.25) is 5.91 Å². The highest BCUT2D eigenvalue weighted by Gasteiger charge is 2.12. The third-order valence-electron chi connectivity index (χ3n) is 4.27. The van der Waals surface area contributed by atoms with Crippen LogP contribution in [0.4, 0.5) is 9.52 Å². The minimum Gasteiger partial charge on any atom is -0.298 e. The van der Waals surface area contributed by atoms with Crippen LogP contribution < -0.4 is 5.32 Å². The Balaban J connectivity index is 1.48. The quantitative estimate of drug-likeness (QED) is 0.441. The summed E-state index contributed by atoms with van der Waals surface area (Å²) in [6.07, 6.45) is 3.02. The molecule has 0 aliphatic carbocycles. The summed E-state index contributed by atoms with van der Waals surface area (Å²) in [5, 5.41) is 8.03. The van der Waals surface area contributed by atoms with E-state index in [1.165, 1.54) is 29.5 Å². The molecular weight excluding hydrogens is 411 g/mol. The van der Waals surface area contributed by atoms with Gasteiger partial charge in [0.1, 0.15) is 11.0 Å². The fourth-order valence-corrected chi connectivity index (χ4v) is 4.07. The van der Waals surface area contributed by atoms with Gasteiger partial charge in [-0.15, -0.1) is 0 Å². The van der Waals surface area contributed by atoms with E-state index in [-0.39, 0.29) is 11.7 Å². The summed E-state index contributed by atoms with van der Waals surface area (Å²) < 4.78 is 15.7. The molecule has 0 fully saturated rings. The average molecular weight is 427 g/mol. The number of nitrogens with zero attached hydrogens (tertiary/aromatic N) is 3. The molecule has 4 rings (SSSR count). The van der Waals surface area contributed by atoms with Crippen LogP contribution in [0.2, 0.25) is 5.15 Å². The van der Waals surface area contributed by atoms with Crippen molar-refractivity contribution in [2.45, 2.75) is 13.5 Å². The second-order valence-electron chi connectivity index (χ2n) is 6.39. The van der Waals surface area contributed by atoms with Crippen molar-refractivity contribution in [1.82, 2.24) is 14.8 Å². The maximum absolute atomic E-state index is 13.3. The Labute approximate surface area is 175 Å². The van der Waals surface area contributed by atoms with Gasteiger partial charge in [0.05, 0.1) is 22.5 Å². The van der Waals surface area contributed by atoms with Gasteiger partial charge < -0.3 is 0 Å². The Hall–Kier alpha value is -3.03. The molecule has 0 bridgehead atoms. The van der Waals surface area contributed by atoms with Crippen molar-refractivity contribution in [3.8, 4) is 0 Å². The van der Waals surface area contributed by atoms with Crippen molar-refractivity contribution in [3.63, 3.8) is 0 Å². The topological polar surface area (TPSA) is 59.8 Å². The van der Waals surface area contributed by atoms with Crippen LogP contribution in [0.25, 0.3) is 16.3 Å². The van der Waals surface area contributed by atoms with Crippen molar-refractivity contribution in [1.29, 1.82) is 0 Å². The van der Waals surface area contributed by atoms with E-state index < -0.39 is 0 Å². The summed E-state index contributed by atoms with van der Waals surface area (Å²) in [6, 6.07) is 14.2. The largest absolute Gasteiger partial charge is 0.298 e. The van der Waals surface area contributed by atoms with Gasteiger partial charge in [0.15, 0.2) is 5.13 Å². The summed E-state index contributed by atoms with van der Waals surface area (Å²) in [5.41, 5.74) is 3.13. The normalized spacial score (nSPS) is 11.4. The number of aromatic nitrogens is 3. The van der Waals surface area contributed by atoms with E-state index in [9.17, 15) is 9.18 Å². The molecule has 0 radical (unpaired) electrons. The Morgan fingerprint density at radius 1 is 1.28 bits per heavy atom. The molecule has 1 amide bonds. The molecule has 0 spiro atoms. The summed E-state index contributed by atoms with van der Waals surface area (Å²) in [4.78, 5) is 16.6. The first-order valence-corrected chi connectivity index (χ1v) is 10.0. The van der Waals surface area contributed by atoms with E-state index in [4.69, 9.17) is 11.6 Å². The molecule has 0 aliphatic heterocycles. The van der Waals surface area contributed by atoms with Crippen molar-refractivity contribution in [2.24, 2.45) is 0 Å². The van der Waals surface area contributed by atoms with Gasteiger partial charge >= 0.3 is 0 Å². The first kappa shape index (κ1) is 19.3.